The molecular weight excluding hydrogens is 521 g/mol. The van der Waals surface area contributed by atoms with Gasteiger partial charge in [-0.1, -0.05) is 39.3 Å². The van der Waals surface area contributed by atoms with Gasteiger partial charge in [0.05, 0.1) is 23.9 Å². The largest absolute Gasteiger partial charge is 0.392 e. The van der Waals surface area contributed by atoms with Crippen LogP contribution in [0.2, 0.25) is 0 Å². The highest BCUT2D eigenvalue weighted by Crippen LogP contribution is 2.30. The van der Waals surface area contributed by atoms with Gasteiger partial charge in [-0.25, -0.2) is 4.39 Å². The molecule has 3 heterocycles. The molecule has 0 bridgehead atoms. The van der Waals surface area contributed by atoms with Crippen LogP contribution >= 0.6 is 0 Å². The Morgan fingerprint density at radius 2 is 1.90 bits per heavy atom. The van der Waals surface area contributed by atoms with Crippen molar-refractivity contribution in [2.75, 3.05) is 5.32 Å². The number of benzene rings is 2. The molecule has 1 unspecified atom stereocenters. The Morgan fingerprint density at radius 1 is 1.12 bits per heavy atom. The average Bonchev–Trinajstić information content (AvgIpc) is 3.13. The lowest BCUT2D eigenvalue weighted by atomic mass is 9.86. The number of nitrogens with zero attached hydrogens (tertiary/aromatic N) is 4. The zero-order valence-electron chi connectivity index (χ0n) is 24.2. The Hall–Kier alpha value is -4.11. The van der Waals surface area contributed by atoms with Crippen molar-refractivity contribution in [3.8, 4) is 16.8 Å². The number of nitrogens with one attached hydrogen (secondary N) is 1. The molecule has 214 valence electrons. The van der Waals surface area contributed by atoms with Crippen molar-refractivity contribution in [1.29, 1.82) is 0 Å². The highest BCUT2D eigenvalue weighted by Gasteiger charge is 2.21. The normalized spacial score (nSPS) is 16.0. The predicted octanol–water partition coefficient (Wildman–Crippen LogP) is 5.45. The molecule has 1 aliphatic heterocycles. The van der Waals surface area contributed by atoms with Gasteiger partial charge in [-0.15, -0.1) is 0 Å². The first-order chi connectivity index (χ1) is 19.5. The van der Waals surface area contributed by atoms with Gasteiger partial charge in [-0.05, 0) is 60.6 Å². The number of amidine groups is 1. The van der Waals surface area contributed by atoms with E-state index in [0.717, 1.165) is 41.8 Å². The number of aryl methyl sites for hydroxylation is 1. The van der Waals surface area contributed by atoms with Crippen molar-refractivity contribution in [1.82, 2.24) is 14.3 Å². The van der Waals surface area contributed by atoms with Crippen LogP contribution in [-0.4, -0.2) is 31.3 Å². The van der Waals surface area contributed by atoms with E-state index in [4.69, 9.17) is 4.99 Å². The van der Waals surface area contributed by atoms with Crippen molar-refractivity contribution in [3.05, 3.63) is 86.4 Å². The molecule has 0 aliphatic carbocycles. The molecule has 5 rings (SSSR count). The van der Waals surface area contributed by atoms with Crippen molar-refractivity contribution in [2.45, 2.75) is 71.4 Å². The summed E-state index contributed by atoms with van der Waals surface area (Å²) in [5, 5.41) is 18.5. The van der Waals surface area contributed by atoms with Gasteiger partial charge in [-0.2, -0.15) is 9.78 Å². The molecule has 2 aromatic heterocycles. The average molecular weight is 558 g/mol. The van der Waals surface area contributed by atoms with Crippen LogP contribution in [0.1, 0.15) is 64.5 Å². The van der Waals surface area contributed by atoms with Crippen LogP contribution < -0.4 is 16.4 Å². The minimum absolute atomic E-state index is 0.0608. The molecule has 1 atom stereocenters. The summed E-state index contributed by atoms with van der Waals surface area (Å²) >= 11 is 0. The Morgan fingerprint density at radius 3 is 2.63 bits per heavy atom. The molecular formula is C32H36FN5O3. The van der Waals surface area contributed by atoms with E-state index in [1.807, 2.05) is 26.8 Å². The number of rotatable bonds is 4. The smallest absolute Gasteiger partial charge is 0.282 e. The molecule has 0 saturated carbocycles. The summed E-state index contributed by atoms with van der Waals surface area (Å²) in [5.74, 6) is 0.170. The van der Waals surface area contributed by atoms with Crippen LogP contribution in [0.25, 0.3) is 27.6 Å². The maximum absolute atomic E-state index is 15.3. The van der Waals surface area contributed by atoms with Gasteiger partial charge in [-0.3, -0.25) is 14.6 Å². The maximum Gasteiger partial charge on any atom is 0.282 e. The third-order valence-corrected chi connectivity index (χ3v) is 7.68. The van der Waals surface area contributed by atoms with E-state index in [-0.39, 0.29) is 22.4 Å². The molecule has 2 aromatic carbocycles. The number of anilines is 1. The SMILES string of the molecule is CC1CCCCC(Nc2cc(-c3cccc(-n4ncc5cc(C(C)(C)C)cc(F)c5c4=O)c3CO)cn(C)c2=O)=N1. The standard InChI is InChI=1S/C32H36FN5O3/c1-19-9-6-7-12-28(35-19)36-26-14-21(17-37(5)30(26)40)23-10-8-11-27(24(23)18-39)38-31(41)29-20(16-34-38)13-22(15-25(29)33)32(2,3)4/h8,10-11,13-17,19,39H,6-7,9,12,18H2,1-5H3,(H,35,36). The van der Waals surface area contributed by atoms with Gasteiger partial charge in [0.1, 0.15) is 17.3 Å². The lowest BCUT2D eigenvalue weighted by molar-refractivity contribution is 0.282. The summed E-state index contributed by atoms with van der Waals surface area (Å²) in [4.78, 5) is 31.3. The molecule has 8 nitrogen and oxygen atoms in total. The second kappa shape index (κ2) is 11.0. The van der Waals surface area contributed by atoms with Gasteiger partial charge in [0.2, 0.25) is 0 Å². The first kappa shape index (κ1) is 28.4. The summed E-state index contributed by atoms with van der Waals surface area (Å²) in [6.45, 7) is 7.60. The number of hydrogen-bond acceptors (Lipinski definition) is 6. The lowest BCUT2D eigenvalue weighted by Crippen LogP contribution is -2.25. The Kier molecular flexibility index (Phi) is 7.66. The topological polar surface area (TPSA) is 102 Å². The summed E-state index contributed by atoms with van der Waals surface area (Å²) < 4.78 is 17.9. The van der Waals surface area contributed by atoms with Crippen LogP contribution in [0, 0.1) is 5.82 Å². The number of aromatic nitrogens is 3. The maximum atomic E-state index is 15.3. The van der Waals surface area contributed by atoms with Crippen molar-refractivity contribution < 1.29 is 9.50 Å². The van der Waals surface area contributed by atoms with Gasteiger partial charge >= 0.3 is 0 Å². The molecule has 0 saturated heterocycles. The highest BCUT2D eigenvalue weighted by atomic mass is 19.1. The number of hydrogen-bond donors (Lipinski definition) is 2. The van der Waals surface area contributed by atoms with E-state index < -0.39 is 18.0 Å². The zero-order chi connectivity index (χ0) is 29.5. The van der Waals surface area contributed by atoms with E-state index in [9.17, 15) is 14.7 Å². The molecule has 9 heteroatoms. The summed E-state index contributed by atoms with van der Waals surface area (Å²) in [6.07, 6.45) is 7.03. The second-order valence-electron chi connectivity index (χ2n) is 11.8. The van der Waals surface area contributed by atoms with Crippen LogP contribution in [0.3, 0.4) is 0 Å². The highest BCUT2D eigenvalue weighted by molar-refractivity contribution is 5.96. The second-order valence-corrected chi connectivity index (χ2v) is 11.8. The number of aliphatic imine (C=N–C) groups is 1. The molecule has 0 amide bonds. The quantitative estimate of drug-likeness (QED) is 0.347. The van der Waals surface area contributed by atoms with Gasteiger partial charge < -0.3 is 15.0 Å². The first-order valence-corrected chi connectivity index (χ1v) is 14.0. The Labute approximate surface area is 238 Å². The van der Waals surface area contributed by atoms with Crippen molar-refractivity contribution in [2.24, 2.45) is 12.0 Å². The lowest BCUT2D eigenvalue weighted by Gasteiger charge is -2.20. The van der Waals surface area contributed by atoms with E-state index >= 15 is 4.39 Å². The minimum atomic E-state index is -0.615. The van der Waals surface area contributed by atoms with Crippen molar-refractivity contribution in [3.63, 3.8) is 0 Å². The Bertz CT molecular complexity index is 1780. The summed E-state index contributed by atoms with van der Waals surface area (Å²) in [6, 6.07) is 10.3. The van der Waals surface area contributed by atoms with E-state index in [2.05, 4.69) is 17.3 Å². The molecule has 2 N–H and O–H groups in total. The fourth-order valence-electron chi connectivity index (χ4n) is 5.37. The zero-order valence-corrected chi connectivity index (χ0v) is 24.2. The molecule has 41 heavy (non-hydrogen) atoms. The molecule has 0 fully saturated rings. The van der Waals surface area contributed by atoms with E-state index in [1.54, 1.807) is 37.5 Å². The van der Waals surface area contributed by atoms with Crippen LogP contribution in [0.4, 0.5) is 10.1 Å². The van der Waals surface area contributed by atoms with Crippen LogP contribution in [0.5, 0.6) is 0 Å². The molecule has 1 aliphatic rings. The number of aliphatic hydroxyl groups is 1. The third-order valence-electron chi connectivity index (χ3n) is 7.68. The van der Waals surface area contributed by atoms with Crippen LogP contribution in [0.15, 0.2) is 63.4 Å². The number of fused-ring (bicyclic) bond motifs is 1. The van der Waals surface area contributed by atoms with E-state index in [0.29, 0.717) is 33.5 Å². The third kappa shape index (κ3) is 5.59. The first-order valence-electron chi connectivity index (χ1n) is 14.0. The van der Waals surface area contributed by atoms with E-state index in [1.165, 1.54) is 16.8 Å². The predicted molar refractivity (Wildman–Crippen MR) is 162 cm³/mol. The van der Waals surface area contributed by atoms with Crippen LogP contribution in [-0.2, 0) is 19.1 Å². The minimum Gasteiger partial charge on any atom is -0.392 e. The van der Waals surface area contributed by atoms with Gasteiger partial charge in [0.15, 0.2) is 0 Å². The fraction of sp³-hybridized carbons (Fsp3) is 0.375. The fourth-order valence-corrected chi connectivity index (χ4v) is 5.37. The monoisotopic (exact) mass is 557 g/mol. The molecule has 0 spiro atoms. The van der Waals surface area contributed by atoms with Gasteiger partial charge in [0.25, 0.3) is 11.1 Å². The summed E-state index contributed by atoms with van der Waals surface area (Å²) in [5.41, 5.74) is 2.08. The van der Waals surface area contributed by atoms with Gasteiger partial charge in [0, 0.05) is 42.2 Å². The van der Waals surface area contributed by atoms with Crippen molar-refractivity contribution >= 4 is 22.3 Å². The number of halogens is 1. The number of aliphatic hydroxyl groups excluding tert-OH is 1. The Balaban J connectivity index is 1.63. The molecule has 4 aromatic rings. The number of pyridine rings is 1. The molecule has 0 radical (unpaired) electrons. The summed E-state index contributed by atoms with van der Waals surface area (Å²) in [7, 11) is 1.67.